The van der Waals surface area contributed by atoms with Gasteiger partial charge < -0.3 is 15.3 Å². The molecule has 2 aliphatic carbocycles. The maximum absolute atomic E-state index is 11.6. The predicted octanol–water partition coefficient (Wildman–Crippen LogP) is 3.43. The highest BCUT2D eigenvalue weighted by atomic mass is 16.4. The van der Waals surface area contributed by atoms with E-state index in [9.17, 15) is 15.3 Å². The minimum atomic E-state index is -1.36. The Morgan fingerprint density at radius 2 is 2.00 bits per heavy atom. The number of phenols is 1. The van der Waals surface area contributed by atoms with E-state index in [0.29, 0.717) is 24.3 Å². The first kappa shape index (κ1) is 17.5. The summed E-state index contributed by atoms with van der Waals surface area (Å²) in [6.45, 7) is 3.90. The fourth-order valence-corrected chi connectivity index (χ4v) is 5.56. The van der Waals surface area contributed by atoms with Crippen LogP contribution in [0.15, 0.2) is 42.6 Å². The molecule has 0 spiro atoms. The number of aromatic hydroxyl groups is 1. The zero-order valence-corrected chi connectivity index (χ0v) is 15.4. The summed E-state index contributed by atoms with van der Waals surface area (Å²) in [5.74, 6) is 0.554. The van der Waals surface area contributed by atoms with Crippen LogP contribution in [-0.4, -0.2) is 25.9 Å². The molecule has 4 rings (SSSR count). The van der Waals surface area contributed by atoms with Crippen LogP contribution in [0.25, 0.3) is 0 Å². The van der Waals surface area contributed by atoms with Gasteiger partial charge in [0.2, 0.25) is 0 Å². The maximum Gasteiger partial charge on any atom is 0.135 e. The van der Waals surface area contributed by atoms with Gasteiger partial charge in [-0.25, -0.2) is 0 Å². The van der Waals surface area contributed by atoms with Crippen molar-refractivity contribution < 1.29 is 15.3 Å². The number of hydrogen-bond acceptors (Lipinski definition) is 4. The lowest BCUT2D eigenvalue weighted by Gasteiger charge is -2.58. The normalized spacial score (nSPS) is 36.2. The maximum atomic E-state index is 11.6. The summed E-state index contributed by atoms with van der Waals surface area (Å²) in [4.78, 5) is 4.37. The Morgan fingerprint density at radius 1 is 1.19 bits per heavy atom. The van der Waals surface area contributed by atoms with Crippen LogP contribution in [0, 0.1) is 5.92 Å². The van der Waals surface area contributed by atoms with E-state index in [4.69, 9.17) is 0 Å². The Kier molecular flexibility index (Phi) is 3.90. The molecule has 0 aliphatic heterocycles. The number of phenolic OH excluding ortho intramolecular Hbond substituents is 1. The quantitative estimate of drug-likeness (QED) is 0.773. The molecule has 4 nitrogen and oxygen atoms in total. The molecule has 2 aliphatic rings. The molecule has 138 valence electrons. The van der Waals surface area contributed by atoms with Crippen LogP contribution in [0.3, 0.4) is 0 Å². The first-order chi connectivity index (χ1) is 12.3. The van der Waals surface area contributed by atoms with E-state index in [1.807, 2.05) is 30.3 Å². The second kappa shape index (κ2) is 5.80. The van der Waals surface area contributed by atoms with E-state index in [1.54, 1.807) is 19.2 Å². The number of benzene rings is 1. The highest BCUT2D eigenvalue weighted by Crippen LogP contribution is 2.59. The van der Waals surface area contributed by atoms with Gasteiger partial charge >= 0.3 is 0 Å². The number of nitrogens with zero attached hydrogens (tertiary/aromatic N) is 1. The van der Waals surface area contributed by atoms with Crippen molar-refractivity contribution in [2.45, 2.75) is 62.6 Å². The number of pyridine rings is 1. The van der Waals surface area contributed by atoms with Gasteiger partial charge in [-0.15, -0.1) is 0 Å². The lowest BCUT2D eigenvalue weighted by Crippen LogP contribution is -2.62. The smallest absolute Gasteiger partial charge is 0.135 e. The van der Waals surface area contributed by atoms with Gasteiger partial charge in [-0.1, -0.05) is 19.1 Å². The van der Waals surface area contributed by atoms with Gasteiger partial charge in [0.1, 0.15) is 11.4 Å². The summed E-state index contributed by atoms with van der Waals surface area (Å²) in [5, 5.41) is 32.9. The summed E-state index contributed by atoms with van der Waals surface area (Å²) in [6, 6.07) is 11.1. The summed E-state index contributed by atoms with van der Waals surface area (Å²) in [6.07, 6.45) is 5.36. The van der Waals surface area contributed by atoms with Gasteiger partial charge in [-0.2, -0.15) is 0 Å². The van der Waals surface area contributed by atoms with Crippen LogP contribution >= 0.6 is 0 Å². The molecule has 1 heterocycles. The number of rotatable bonds is 2. The van der Waals surface area contributed by atoms with E-state index < -0.39 is 11.2 Å². The van der Waals surface area contributed by atoms with Crippen molar-refractivity contribution >= 4 is 0 Å². The van der Waals surface area contributed by atoms with E-state index in [2.05, 4.69) is 11.9 Å². The average Bonchev–Trinajstić information content (AvgIpc) is 2.63. The molecule has 4 heteroatoms. The van der Waals surface area contributed by atoms with Crippen LogP contribution in [0.5, 0.6) is 5.75 Å². The Balaban J connectivity index is 1.83. The number of aryl methyl sites for hydroxylation is 1. The minimum absolute atomic E-state index is 0.189. The van der Waals surface area contributed by atoms with Crippen molar-refractivity contribution in [2.24, 2.45) is 5.92 Å². The third-order valence-corrected chi connectivity index (χ3v) is 6.98. The standard InChI is InChI=1S/C22H27NO3/c1-3-21-14-20(2,25)22(26,19-6-4-5-11-23-19)13-16(21)8-7-15-12-17(24)9-10-18(15)21/h4-6,9-12,16,24-26H,3,7-8,13-14H2,1-2H3/t16-,20?,21-,22?/m1/s1. The number of hydrogen-bond donors (Lipinski definition) is 3. The molecule has 26 heavy (non-hydrogen) atoms. The fourth-order valence-electron chi connectivity index (χ4n) is 5.56. The van der Waals surface area contributed by atoms with E-state index in [0.717, 1.165) is 19.3 Å². The molecular formula is C22H27NO3. The van der Waals surface area contributed by atoms with Crippen molar-refractivity contribution in [3.05, 3.63) is 59.4 Å². The molecule has 2 aromatic rings. The highest BCUT2D eigenvalue weighted by molar-refractivity contribution is 5.44. The highest BCUT2D eigenvalue weighted by Gasteiger charge is 2.61. The largest absolute Gasteiger partial charge is 0.508 e. The molecule has 1 saturated carbocycles. The summed E-state index contributed by atoms with van der Waals surface area (Å²) in [7, 11) is 0. The Bertz CT molecular complexity index is 819. The van der Waals surface area contributed by atoms with E-state index in [-0.39, 0.29) is 11.3 Å². The average molecular weight is 353 g/mol. The fraction of sp³-hybridized carbons (Fsp3) is 0.500. The summed E-state index contributed by atoms with van der Waals surface area (Å²) < 4.78 is 0. The van der Waals surface area contributed by atoms with E-state index in [1.165, 1.54) is 11.1 Å². The molecule has 0 amide bonds. The molecule has 0 bridgehead atoms. The van der Waals surface area contributed by atoms with E-state index >= 15 is 0 Å². The first-order valence-electron chi connectivity index (χ1n) is 9.51. The molecule has 4 atom stereocenters. The van der Waals surface area contributed by atoms with Gasteiger partial charge in [0.25, 0.3) is 0 Å². The second-order valence-corrected chi connectivity index (χ2v) is 8.32. The summed E-state index contributed by atoms with van der Waals surface area (Å²) in [5.41, 5.74) is 0.101. The van der Waals surface area contributed by atoms with Crippen LogP contribution in [0.2, 0.25) is 0 Å². The lowest BCUT2D eigenvalue weighted by atomic mass is 9.49. The van der Waals surface area contributed by atoms with Crippen LogP contribution < -0.4 is 0 Å². The number of aromatic nitrogens is 1. The molecule has 2 unspecified atom stereocenters. The third-order valence-electron chi connectivity index (χ3n) is 6.98. The first-order valence-corrected chi connectivity index (χ1v) is 9.51. The Labute approximate surface area is 154 Å². The molecule has 0 saturated heterocycles. The molecule has 3 N–H and O–H groups in total. The predicted molar refractivity (Wildman–Crippen MR) is 99.9 cm³/mol. The van der Waals surface area contributed by atoms with Crippen LogP contribution in [0.1, 0.15) is 56.4 Å². The number of aliphatic hydroxyl groups is 2. The minimum Gasteiger partial charge on any atom is -0.508 e. The van der Waals surface area contributed by atoms with Crippen molar-refractivity contribution in [3.63, 3.8) is 0 Å². The molecule has 0 radical (unpaired) electrons. The van der Waals surface area contributed by atoms with Crippen LogP contribution in [-0.2, 0) is 17.4 Å². The van der Waals surface area contributed by atoms with Crippen molar-refractivity contribution in [2.75, 3.05) is 0 Å². The second-order valence-electron chi connectivity index (χ2n) is 8.32. The van der Waals surface area contributed by atoms with Gasteiger partial charge in [-0.05, 0) is 80.3 Å². The van der Waals surface area contributed by atoms with Crippen molar-refractivity contribution in [3.8, 4) is 5.75 Å². The van der Waals surface area contributed by atoms with Crippen LogP contribution in [0.4, 0.5) is 0 Å². The van der Waals surface area contributed by atoms with Crippen molar-refractivity contribution in [1.82, 2.24) is 4.98 Å². The SMILES string of the molecule is CC[C@@]12CC(C)(O)C(O)(c3ccccn3)C[C@H]1CCc1cc(O)ccc12. The molecular weight excluding hydrogens is 326 g/mol. The molecule has 1 aromatic heterocycles. The Morgan fingerprint density at radius 3 is 2.69 bits per heavy atom. The zero-order valence-electron chi connectivity index (χ0n) is 15.4. The Hall–Kier alpha value is -1.91. The number of fused-ring (bicyclic) bond motifs is 3. The van der Waals surface area contributed by atoms with Gasteiger partial charge in [0.05, 0.1) is 11.3 Å². The third kappa shape index (κ3) is 2.32. The summed E-state index contributed by atoms with van der Waals surface area (Å²) >= 11 is 0. The molecule has 1 fully saturated rings. The van der Waals surface area contributed by atoms with Gasteiger partial charge in [0, 0.05) is 11.6 Å². The van der Waals surface area contributed by atoms with Gasteiger partial charge in [0.15, 0.2) is 0 Å². The zero-order chi connectivity index (χ0) is 18.6. The topological polar surface area (TPSA) is 73.6 Å². The lowest BCUT2D eigenvalue weighted by molar-refractivity contribution is -0.207. The molecule has 1 aromatic carbocycles. The monoisotopic (exact) mass is 353 g/mol. The van der Waals surface area contributed by atoms with Gasteiger partial charge in [-0.3, -0.25) is 4.98 Å². The van der Waals surface area contributed by atoms with Crippen molar-refractivity contribution in [1.29, 1.82) is 0 Å².